The molecule has 0 saturated carbocycles. The monoisotopic (exact) mass is 287 g/mol. The van der Waals surface area contributed by atoms with Crippen LogP contribution in [0.3, 0.4) is 0 Å². The molecule has 21 heavy (non-hydrogen) atoms. The van der Waals surface area contributed by atoms with Crippen LogP contribution in [0.4, 0.5) is 15.8 Å². The molecule has 0 aliphatic carbocycles. The molecule has 2 aromatic carbocycles. The summed E-state index contributed by atoms with van der Waals surface area (Å²) in [7, 11) is 1.53. The van der Waals surface area contributed by atoms with Crippen molar-refractivity contribution in [3.8, 4) is 0 Å². The first-order valence-electron chi connectivity index (χ1n) is 6.20. The minimum Gasteiger partial charge on any atom is -0.398 e. The molecule has 0 radical (unpaired) electrons. The number of benzene rings is 2. The van der Waals surface area contributed by atoms with Crippen molar-refractivity contribution in [2.75, 3.05) is 18.1 Å². The van der Waals surface area contributed by atoms with Gasteiger partial charge in [-0.3, -0.25) is 9.59 Å². The van der Waals surface area contributed by atoms with Gasteiger partial charge in [0.1, 0.15) is 5.82 Å². The van der Waals surface area contributed by atoms with Crippen molar-refractivity contribution in [3.05, 3.63) is 59.4 Å². The third kappa shape index (κ3) is 3.36. The maximum atomic E-state index is 13.1. The summed E-state index contributed by atoms with van der Waals surface area (Å²) < 4.78 is 13.1. The molecule has 2 aromatic rings. The second kappa shape index (κ2) is 6.04. The van der Waals surface area contributed by atoms with E-state index in [1.807, 2.05) is 0 Å². The Balaban J connectivity index is 2.16. The summed E-state index contributed by atoms with van der Waals surface area (Å²) in [5.41, 5.74) is 6.85. The Morgan fingerprint density at radius 1 is 1.05 bits per heavy atom. The lowest BCUT2D eigenvalue weighted by atomic mass is 10.1. The fraction of sp³-hybridized carbons (Fsp3) is 0.0667. The maximum Gasteiger partial charge on any atom is 0.257 e. The molecule has 5 nitrogen and oxygen atoms in total. The average molecular weight is 287 g/mol. The van der Waals surface area contributed by atoms with Gasteiger partial charge in [0.2, 0.25) is 0 Å². The van der Waals surface area contributed by atoms with Crippen LogP contribution in [-0.2, 0) is 0 Å². The molecule has 108 valence electrons. The van der Waals surface area contributed by atoms with Crippen molar-refractivity contribution >= 4 is 23.2 Å². The van der Waals surface area contributed by atoms with Gasteiger partial charge in [-0.05, 0) is 42.5 Å². The SMILES string of the molecule is CNC(=O)c1ccc(NC(=O)c2cc(F)ccc2N)cc1. The van der Waals surface area contributed by atoms with E-state index in [1.165, 1.54) is 19.2 Å². The number of nitrogens with two attached hydrogens (primary N) is 1. The molecule has 2 rings (SSSR count). The predicted molar refractivity (Wildman–Crippen MR) is 78.6 cm³/mol. The smallest absolute Gasteiger partial charge is 0.257 e. The van der Waals surface area contributed by atoms with Gasteiger partial charge in [-0.15, -0.1) is 0 Å². The van der Waals surface area contributed by atoms with Crippen LogP contribution in [-0.4, -0.2) is 18.9 Å². The summed E-state index contributed by atoms with van der Waals surface area (Å²) >= 11 is 0. The normalized spacial score (nSPS) is 10.0. The zero-order chi connectivity index (χ0) is 15.4. The van der Waals surface area contributed by atoms with Gasteiger partial charge in [0.05, 0.1) is 5.56 Å². The number of nitrogens with one attached hydrogen (secondary N) is 2. The first kappa shape index (κ1) is 14.5. The molecule has 0 spiro atoms. The van der Waals surface area contributed by atoms with E-state index in [4.69, 9.17) is 5.73 Å². The summed E-state index contributed by atoms with van der Waals surface area (Å²) in [5, 5.41) is 5.09. The van der Waals surface area contributed by atoms with Crippen LogP contribution in [0.2, 0.25) is 0 Å². The van der Waals surface area contributed by atoms with Gasteiger partial charge in [0.15, 0.2) is 0 Å². The number of hydrogen-bond donors (Lipinski definition) is 3. The lowest BCUT2D eigenvalue weighted by Crippen LogP contribution is -2.18. The fourth-order valence-corrected chi connectivity index (χ4v) is 1.77. The van der Waals surface area contributed by atoms with Crippen LogP contribution in [0, 0.1) is 5.82 Å². The first-order chi connectivity index (χ1) is 10.0. The van der Waals surface area contributed by atoms with Crippen LogP contribution < -0.4 is 16.4 Å². The lowest BCUT2D eigenvalue weighted by Gasteiger charge is -2.08. The van der Waals surface area contributed by atoms with Gasteiger partial charge < -0.3 is 16.4 Å². The number of hydrogen-bond acceptors (Lipinski definition) is 3. The average Bonchev–Trinajstić information content (AvgIpc) is 2.49. The van der Waals surface area contributed by atoms with E-state index in [0.29, 0.717) is 11.3 Å². The van der Waals surface area contributed by atoms with Gasteiger partial charge in [0, 0.05) is 24.0 Å². The zero-order valence-electron chi connectivity index (χ0n) is 11.3. The topological polar surface area (TPSA) is 84.2 Å². The van der Waals surface area contributed by atoms with Gasteiger partial charge >= 0.3 is 0 Å². The Labute approximate surface area is 121 Å². The zero-order valence-corrected chi connectivity index (χ0v) is 11.3. The third-order valence-corrected chi connectivity index (χ3v) is 2.89. The second-order valence-electron chi connectivity index (χ2n) is 4.34. The van der Waals surface area contributed by atoms with Crippen molar-refractivity contribution in [1.82, 2.24) is 5.32 Å². The van der Waals surface area contributed by atoms with Crippen molar-refractivity contribution in [1.29, 1.82) is 0 Å². The maximum absolute atomic E-state index is 13.1. The number of nitrogen functional groups attached to an aromatic ring is 1. The van der Waals surface area contributed by atoms with E-state index >= 15 is 0 Å². The first-order valence-corrected chi connectivity index (χ1v) is 6.20. The van der Waals surface area contributed by atoms with Crippen LogP contribution in [0.5, 0.6) is 0 Å². The molecule has 0 aromatic heterocycles. The molecule has 0 atom stereocenters. The van der Waals surface area contributed by atoms with Crippen molar-refractivity contribution in [3.63, 3.8) is 0 Å². The summed E-state index contributed by atoms with van der Waals surface area (Å²) in [6.07, 6.45) is 0. The van der Waals surface area contributed by atoms with E-state index < -0.39 is 11.7 Å². The molecule has 6 heteroatoms. The Morgan fingerprint density at radius 2 is 1.71 bits per heavy atom. The van der Waals surface area contributed by atoms with E-state index in [2.05, 4.69) is 10.6 Å². The van der Waals surface area contributed by atoms with Crippen molar-refractivity contribution in [2.24, 2.45) is 0 Å². The van der Waals surface area contributed by atoms with Crippen LogP contribution >= 0.6 is 0 Å². The highest BCUT2D eigenvalue weighted by Gasteiger charge is 2.11. The Hall–Kier alpha value is -2.89. The van der Waals surface area contributed by atoms with Crippen LogP contribution in [0.15, 0.2) is 42.5 Å². The number of rotatable bonds is 3. The van der Waals surface area contributed by atoms with Crippen LogP contribution in [0.25, 0.3) is 0 Å². The predicted octanol–water partition coefficient (Wildman–Crippen LogP) is 2.02. The quantitative estimate of drug-likeness (QED) is 0.755. The van der Waals surface area contributed by atoms with E-state index in [9.17, 15) is 14.0 Å². The Bertz CT molecular complexity index is 684. The highest BCUT2D eigenvalue weighted by atomic mass is 19.1. The molecule has 0 aliphatic rings. The van der Waals surface area contributed by atoms with Gasteiger partial charge in [0.25, 0.3) is 11.8 Å². The number of anilines is 2. The minimum atomic E-state index is -0.538. The van der Waals surface area contributed by atoms with Crippen molar-refractivity contribution < 1.29 is 14.0 Å². The fourth-order valence-electron chi connectivity index (χ4n) is 1.77. The Kier molecular flexibility index (Phi) is 4.18. The molecule has 0 fully saturated rings. The summed E-state index contributed by atoms with van der Waals surface area (Å²) in [6, 6.07) is 9.90. The summed E-state index contributed by atoms with van der Waals surface area (Å²) in [6.45, 7) is 0. The highest BCUT2D eigenvalue weighted by molar-refractivity contribution is 6.07. The standard InChI is InChI=1S/C15H14FN3O2/c1-18-14(20)9-2-5-11(6-3-9)19-15(21)12-8-10(16)4-7-13(12)17/h2-8H,17H2,1H3,(H,18,20)(H,19,21). The molecule has 0 unspecified atom stereocenters. The number of halogens is 1. The molecule has 2 amide bonds. The number of carbonyl (C=O) groups is 2. The molecule has 0 heterocycles. The number of amides is 2. The van der Waals surface area contributed by atoms with Gasteiger partial charge in [-0.2, -0.15) is 0 Å². The summed E-state index contributed by atoms with van der Waals surface area (Å²) in [5.74, 6) is -1.27. The molecule has 4 N–H and O–H groups in total. The van der Waals surface area contributed by atoms with E-state index in [0.717, 1.165) is 6.07 Å². The van der Waals surface area contributed by atoms with E-state index in [1.54, 1.807) is 24.3 Å². The molecular weight excluding hydrogens is 273 g/mol. The van der Waals surface area contributed by atoms with Crippen molar-refractivity contribution in [2.45, 2.75) is 0 Å². The molecule has 0 aliphatic heterocycles. The van der Waals surface area contributed by atoms with E-state index in [-0.39, 0.29) is 17.2 Å². The second-order valence-corrected chi connectivity index (χ2v) is 4.34. The number of carbonyl (C=O) groups excluding carboxylic acids is 2. The van der Waals surface area contributed by atoms with Gasteiger partial charge in [-0.1, -0.05) is 0 Å². The van der Waals surface area contributed by atoms with Crippen LogP contribution in [0.1, 0.15) is 20.7 Å². The Morgan fingerprint density at radius 3 is 2.33 bits per heavy atom. The minimum absolute atomic E-state index is 0.0605. The molecule has 0 bridgehead atoms. The summed E-state index contributed by atoms with van der Waals surface area (Å²) in [4.78, 5) is 23.4. The van der Waals surface area contributed by atoms with Gasteiger partial charge in [-0.25, -0.2) is 4.39 Å². The molecular formula is C15H14FN3O2. The lowest BCUT2D eigenvalue weighted by molar-refractivity contribution is 0.0962. The highest BCUT2D eigenvalue weighted by Crippen LogP contribution is 2.16. The largest absolute Gasteiger partial charge is 0.398 e. The molecule has 0 saturated heterocycles. The third-order valence-electron chi connectivity index (χ3n) is 2.89.